The number of methoxy groups -OCH3 is 1. The van der Waals surface area contributed by atoms with Crippen molar-refractivity contribution in [3.8, 4) is 0 Å². The Morgan fingerprint density at radius 2 is 2.09 bits per heavy atom. The van der Waals surface area contributed by atoms with Gasteiger partial charge in [0.2, 0.25) is 5.91 Å². The van der Waals surface area contributed by atoms with Crippen LogP contribution in [-0.4, -0.2) is 43.7 Å². The van der Waals surface area contributed by atoms with Gasteiger partial charge in [-0.15, -0.1) is 12.4 Å². The highest BCUT2D eigenvalue weighted by atomic mass is 35.5. The van der Waals surface area contributed by atoms with Crippen LogP contribution in [0.1, 0.15) is 31.7 Å². The first kappa shape index (κ1) is 18.9. The van der Waals surface area contributed by atoms with Gasteiger partial charge in [-0.05, 0) is 18.4 Å². The van der Waals surface area contributed by atoms with Crippen molar-refractivity contribution in [3.05, 3.63) is 35.9 Å². The highest BCUT2D eigenvalue weighted by Gasteiger charge is 2.34. The number of halogens is 1. The maximum atomic E-state index is 12.4. The normalized spacial score (nSPS) is 22.8. The summed E-state index contributed by atoms with van der Waals surface area (Å²) in [6, 6.07) is 10.5. The molecule has 2 N–H and O–H groups in total. The zero-order chi connectivity index (χ0) is 15.3. The lowest BCUT2D eigenvalue weighted by Gasteiger charge is -2.41. The summed E-state index contributed by atoms with van der Waals surface area (Å²) in [6.07, 6.45) is 2.35. The number of likely N-dealkylation sites (tertiary alicyclic amines) is 1. The Morgan fingerprint density at radius 1 is 1.41 bits per heavy atom. The average Bonchev–Trinajstić information content (AvgIpc) is 2.53. The summed E-state index contributed by atoms with van der Waals surface area (Å²) in [5, 5.41) is 0. The molecule has 1 aromatic rings. The van der Waals surface area contributed by atoms with Crippen LogP contribution in [0.15, 0.2) is 30.3 Å². The number of hydrogen-bond acceptors (Lipinski definition) is 3. The smallest absolute Gasteiger partial charge is 0.225 e. The molecule has 1 amide bonds. The molecule has 2 rings (SSSR count). The fourth-order valence-corrected chi connectivity index (χ4v) is 3.12. The molecule has 1 aliphatic rings. The molecule has 0 spiro atoms. The number of benzene rings is 1. The summed E-state index contributed by atoms with van der Waals surface area (Å²) < 4.78 is 5.23. The van der Waals surface area contributed by atoms with Crippen molar-refractivity contribution in [3.63, 3.8) is 0 Å². The zero-order valence-electron chi connectivity index (χ0n) is 13.5. The summed E-state index contributed by atoms with van der Waals surface area (Å²) in [4.78, 5) is 14.4. The Balaban J connectivity index is 0.00000242. The van der Waals surface area contributed by atoms with Crippen molar-refractivity contribution in [1.29, 1.82) is 0 Å². The molecule has 1 heterocycles. The van der Waals surface area contributed by atoms with E-state index in [2.05, 4.69) is 31.2 Å². The maximum absolute atomic E-state index is 12.4. The summed E-state index contributed by atoms with van der Waals surface area (Å²) in [5.41, 5.74) is 6.96. The monoisotopic (exact) mass is 326 g/mol. The minimum atomic E-state index is -0.178. The molecule has 124 valence electrons. The number of hydrogen-bond donors (Lipinski definition) is 1. The molecule has 2 unspecified atom stereocenters. The fourth-order valence-electron chi connectivity index (χ4n) is 3.12. The molecule has 1 fully saturated rings. The quantitative estimate of drug-likeness (QED) is 0.903. The lowest BCUT2D eigenvalue weighted by molar-refractivity contribution is -0.135. The fraction of sp³-hybridized carbons (Fsp3) is 0.588. The molecule has 5 heteroatoms. The van der Waals surface area contributed by atoms with E-state index in [-0.39, 0.29) is 29.8 Å². The van der Waals surface area contributed by atoms with Crippen LogP contribution < -0.4 is 5.73 Å². The molecular weight excluding hydrogens is 300 g/mol. The minimum Gasteiger partial charge on any atom is -0.380 e. The van der Waals surface area contributed by atoms with Crippen LogP contribution in [-0.2, 0) is 14.9 Å². The van der Waals surface area contributed by atoms with Gasteiger partial charge in [-0.3, -0.25) is 4.79 Å². The van der Waals surface area contributed by atoms with Gasteiger partial charge in [0.1, 0.15) is 0 Å². The van der Waals surface area contributed by atoms with Crippen molar-refractivity contribution < 1.29 is 9.53 Å². The Kier molecular flexibility index (Phi) is 7.33. The van der Waals surface area contributed by atoms with Gasteiger partial charge in [0, 0.05) is 32.2 Å². The molecule has 1 saturated heterocycles. The van der Waals surface area contributed by atoms with Crippen LogP contribution in [0, 0.1) is 0 Å². The van der Waals surface area contributed by atoms with Crippen molar-refractivity contribution in [2.45, 2.75) is 37.7 Å². The number of rotatable bonds is 5. The Labute approximate surface area is 139 Å². The molecule has 0 aromatic heterocycles. The number of nitrogens with two attached hydrogens (primary N) is 1. The molecule has 4 nitrogen and oxygen atoms in total. The van der Waals surface area contributed by atoms with Gasteiger partial charge in [-0.25, -0.2) is 0 Å². The van der Waals surface area contributed by atoms with Crippen LogP contribution in [0.2, 0.25) is 0 Å². The van der Waals surface area contributed by atoms with E-state index in [4.69, 9.17) is 10.5 Å². The average molecular weight is 327 g/mol. The molecule has 0 saturated carbocycles. The van der Waals surface area contributed by atoms with Crippen molar-refractivity contribution in [1.82, 2.24) is 4.90 Å². The van der Waals surface area contributed by atoms with Gasteiger partial charge >= 0.3 is 0 Å². The summed E-state index contributed by atoms with van der Waals surface area (Å²) >= 11 is 0. The van der Waals surface area contributed by atoms with E-state index < -0.39 is 0 Å². The topological polar surface area (TPSA) is 55.6 Å². The standard InChI is InChI=1S/C17H26N2O2.ClH/c1-17(14-7-4-3-5-8-14)9-6-10-19(13-17)16(20)11-15(12-18)21-2;/h3-5,7-8,15H,6,9-13,18H2,1-2H3;1H. The van der Waals surface area contributed by atoms with Crippen LogP contribution in [0.3, 0.4) is 0 Å². The predicted octanol–water partition coefficient (Wildman–Crippen LogP) is 2.35. The van der Waals surface area contributed by atoms with Crippen LogP contribution in [0.4, 0.5) is 0 Å². The van der Waals surface area contributed by atoms with E-state index in [1.165, 1.54) is 5.56 Å². The molecular formula is C17H27ClN2O2. The van der Waals surface area contributed by atoms with Gasteiger partial charge in [-0.1, -0.05) is 37.3 Å². The first-order valence-corrected chi connectivity index (χ1v) is 7.65. The minimum absolute atomic E-state index is 0. The predicted molar refractivity (Wildman–Crippen MR) is 91.3 cm³/mol. The van der Waals surface area contributed by atoms with Crippen molar-refractivity contribution >= 4 is 18.3 Å². The largest absolute Gasteiger partial charge is 0.380 e. The second kappa shape index (κ2) is 8.51. The SMILES string of the molecule is COC(CN)CC(=O)N1CCCC(C)(c2ccccc2)C1.Cl. The van der Waals surface area contributed by atoms with Crippen LogP contribution >= 0.6 is 12.4 Å². The van der Waals surface area contributed by atoms with Gasteiger partial charge in [-0.2, -0.15) is 0 Å². The van der Waals surface area contributed by atoms with E-state index in [0.29, 0.717) is 13.0 Å². The summed E-state index contributed by atoms with van der Waals surface area (Å²) in [7, 11) is 1.61. The molecule has 1 aliphatic heterocycles. The maximum Gasteiger partial charge on any atom is 0.225 e. The Morgan fingerprint density at radius 3 is 2.68 bits per heavy atom. The molecule has 0 bridgehead atoms. The number of ether oxygens (including phenoxy) is 1. The lowest BCUT2D eigenvalue weighted by atomic mass is 9.76. The second-order valence-electron chi connectivity index (χ2n) is 6.14. The van der Waals surface area contributed by atoms with Gasteiger partial charge in [0.25, 0.3) is 0 Å². The molecule has 2 atom stereocenters. The molecule has 22 heavy (non-hydrogen) atoms. The van der Waals surface area contributed by atoms with Crippen molar-refractivity contribution in [2.24, 2.45) is 5.73 Å². The van der Waals surface area contributed by atoms with Gasteiger partial charge in [0.15, 0.2) is 0 Å². The first-order chi connectivity index (χ1) is 10.1. The van der Waals surface area contributed by atoms with Crippen LogP contribution in [0.5, 0.6) is 0 Å². The number of amides is 1. The van der Waals surface area contributed by atoms with E-state index >= 15 is 0 Å². The molecule has 0 aliphatic carbocycles. The van der Waals surface area contributed by atoms with E-state index in [0.717, 1.165) is 25.9 Å². The number of nitrogens with zero attached hydrogens (tertiary/aromatic N) is 1. The Bertz CT molecular complexity index is 465. The molecule has 1 aromatic carbocycles. The summed E-state index contributed by atoms with van der Waals surface area (Å²) in [5.74, 6) is 0.147. The Hall–Kier alpha value is -1.10. The summed E-state index contributed by atoms with van der Waals surface area (Å²) in [6.45, 7) is 4.24. The second-order valence-corrected chi connectivity index (χ2v) is 6.14. The third kappa shape index (κ3) is 4.45. The highest BCUT2D eigenvalue weighted by Crippen LogP contribution is 2.33. The molecule has 0 radical (unpaired) electrons. The number of carbonyl (C=O) groups excluding carboxylic acids is 1. The number of carbonyl (C=O) groups is 1. The van der Waals surface area contributed by atoms with E-state index in [9.17, 15) is 4.79 Å². The lowest BCUT2D eigenvalue weighted by Crippen LogP contribution is -2.48. The zero-order valence-corrected chi connectivity index (χ0v) is 14.3. The van der Waals surface area contributed by atoms with Crippen LogP contribution in [0.25, 0.3) is 0 Å². The van der Waals surface area contributed by atoms with Gasteiger partial charge in [0.05, 0.1) is 12.5 Å². The van der Waals surface area contributed by atoms with Gasteiger partial charge < -0.3 is 15.4 Å². The number of piperidine rings is 1. The van der Waals surface area contributed by atoms with E-state index in [1.54, 1.807) is 7.11 Å². The van der Waals surface area contributed by atoms with Crippen molar-refractivity contribution in [2.75, 3.05) is 26.7 Å². The third-order valence-electron chi connectivity index (χ3n) is 4.52. The highest BCUT2D eigenvalue weighted by molar-refractivity contribution is 5.85. The van der Waals surface area contributed by atoms with E-state index in [1.807, 2.05) is 11.0 Å². The third-order valence-corrected chi connectivity index (χ3v) is 4.52. The first-order valence-electron chi connectivity index (χ1n) is 7.65.